The number of rotatable bonds is 28. The van der Waals surface area contributed by atoms with Gasteiger partial charge >= 0.3 is 5.97 Å². The van der Waals surface area contributed by atoms with E-state index in [0.29, 0.717) is 22.4 Å². The maximum absolute atomic E-state index is 14.7. The maximum atomic E-state index is 14.7. The average Bonchev–Trinajstić information content (AvgIpc) is 4.07. The maximum Gasteiger partial charge on any atom is 0.326 e. The lowest BCUT2D eigenvalue weighted by Gasteiger charge is -2.28. The van der Waals surface area contributed by atoms with Gasteiger partial charge in [-0.3, -0.25) is 33.6 Å². The van der Waals surface area contributed by atoms with Gasteiger partial charge in [0.05, 0.1) is 18.1 Å². The predicted octanol–water partition coefficient (Wildman–Crippen LogP) is 2.04. The van der Waals surface area contributed by atoms with Crippen LogP contribution in [0.2, 0.25) is 0 Å². The Hall–Kier alpha value is -8.65. The van der Waals surface area contributed by atoms with Crippen LogP contribution in [0.3, 0.4) is 0 Å². The number of benzene rings is 4. The number of imidazole rings is 1. The number of aromatic amines is 2. The Morgan fingerprint density at radius 3 is 1.52 bits per heavy atom. The second-order valence-electron chi connectivity index (χ2n) is 18.8. The van der Waals surface area contributed by atoms with Crippen molar-refractivity contribution in [1.29, 1.82) is 0 Å². The van der Waals surface area contributed by atoms with Crippen LogP contribution in [0.5, 0.6) is 0 Å². The highest BCUT2D eigenvalue weighted by molar-refractivity contribution is 5.98. The number of carboxylic acids is 1. The minimum Gasteiger partial charge on any atom is -0.480 e. The van der Waals surface area contributed by atoms with Crippen molar-refractivity contribution in [2.24, 2.45) is 17.4 Å². The fourth-order valence-corrected chi connectivity index (χ4v) is 8.52. The van der Waals surface area contributed by atoms with Crippen molar-refractivity contribution in [3.05, 3.63) is 162 Å². The summed E-state index contributed by atoms with van der Waals surface area (Å²) in [5, 5.41) is 27.3. The first-order chi connectivity index (χ1) is 36.0. The summed E-state index contributed by atoms with van der Waals surface area (Å²) in [6, 6.07) is 24.9. The number of carbonyl (C=O) groups excluding carboxylic acids is 7. The van der Waals surface area contributed by atoms with E-state index in [-0.39, 0.29) is 57.3 Å². The summed E-state index contributed by atoms with van der Waals surface area (Å²) < 4.78 is 0. The highest BCUT2D eigenvalue weighted by Crippen LogP contribution is 2.20. The van der Waals surface area contributed by atoms with Crippen LogP contribution in [0, 0.1) is 5.92 Å². The fourth-order valence-electron chi connectivity index (χ4n) is 8.52. The topological polar surface area (TPSA) is 325 Å². The Kier molecular flexibility index (Phi) is 20.3. The Balaban J connectivity index is 1.24. The van der Waals surface area contributed by atoms with Crippen molar-refractivity contribution >= 4 is 58.2 Å². The van der Waals surface area contributed by atoms with Crippen LogP contribution in [0.1, 0.15) is 61.1 Å². The van der Waals surface area contributed by atoms with Crippen LogP contribution in [-0.2, 0) is 70.5 Å². The number of primary amides is 1. The van der Waals surface area contributed by atoms with Gasteiger partial charge in [-0.05, 0) is 53.5 Å². The van der Waals surface area contributed by atoms with Gasteiger partial charge < -0.3 is 58.4 Å². The lowest BCUT2D eigenvalue weighted by molar-refractivity contribution is -0.142. The first-order valence-corrected chi connectivity index (χ1v) is 24.8. The number of aromatic nitrogens is 3. The number of carbonyl (C=O) groups is 8. The lowest BCUT2D eigenvalue weighted by atomic mass is 9.99. The molecule has 6 aromatic rings. The molecule has 20 heteroatoms. The van der Waals surface area contributed by atoms with Crippen LogP contribution in [0.15, 0.2) is 134 Å². The first kappa shape index (κ1) is 55.7. The Morgan fingerprint density at radius 1 is 0.533 bits per heavy atom. The number of nitrogens with two attached hydrogens (primary N) is 2. The van der Waals surface area contributed by atoms with Crippen molar-refractivity contribution in [2.75, 3.05) is 0 Å². The van der Waals surface area contributed by atoms with Gasteiger partial charge in [0.2, 0.25) is 41.4 Å². The minimum atomic E-state index is -1.39. The number of nitrogens with one attached hydrogen (secondary N) is 8. The standard InChI is InChI=1S/C55H65N11O9/c1-33(2)24-43(62-54(73)46(29-38-31-58-32-60-38)65-50(69)42(22-23-48(57)67)61-49(68)40(56)25-34-14-6-3-7-15-34)51(70)63-44(26-35-16-8-4-9-17-35)52(71)64-45(28-37-30-59-41-21-13-12-20-39(37)41)53(72)66-47(55(74)75)27-36-18-10-5-11-19-36/h3-21,30-33,40,42-47,59H,22-29,56H2,1-2H3,(H2,57,67)(H,58,60)(H,61,68)(H,62,73)(H,63,70)(H,64,71)(H,65,69)(H,66,72)(H,74,75)/t40-,42-,43-,44-,45-,46-,47-/m0/s1. The SMILES string of the molecule is CC(C)C[C@H](NC(=O)[C@H](Cc1c[nH]cn1)NC(=O)[C@H](CCC(N)=O)NC(=O)[C@@H](N)Cc1ccccc1)C(=O)N[C@@H](Cc1ccccc1)C(=O)N[C@@H](Cc1c[nH]c2ccccc12)C(=O)N[C@@H](Cc1ccccc1)C(=O)O. The highest BCUT2D eigenvalue weighted by atomic mass is 16.4. The summed E-state index contributed by atoms with van der Waals surface area (Å²) in [7, 11) is 0. The van der Waals surface area contributed by atoms with Gasteiger partial charge in [-0.15, -0.1) is 0 Å². The third kappa shape index (κ3) is 17.2. The van der Waals surface area contributed by atoms with E-state index in [0.717, 1.165) is 16.5 Å². The van der Waals surface area contributed by atoms with E-state index in [4.69, 9.17) is 11.5 Å². The average molecular weight is 1020 g/mol. The van der Waals surface area contributed by atoms with Crippen molar-refractivity contribution in [3.63, 3.8) is 0 Å². The van der Waals surface area contributed by atoms with Crippen LogP contribution in [0.25, 0.3) is 10.9 Å². The van der Waals surface area contributed by atoms with Gasteiger partial charge in [0.1, 0.15) is 36.3 Å². The van der Waals surface area contributed by atoms with Gasteiger partial charge in [-0.25, -0.2) is 9.78 Å². The number of H-pyrrole nitrogens is 2. The van der Waals surface area contributed by atoms with Crippen molar-refractivity contribution in [1.82, 2.24) is 46.9 Å². The van der Waals surface area contributed by atoms with E-state index in [1.165, 1.54) is 12.5 Å². The number of fused-ring (bicyclic) bond motifs is 1. The molecular weight excluding hydrogens is 959 g/mol. The van der Waals surface area contributed by atoms with Crippen LogP contribution in [0.4, 0.5) is 0 Å². The minimum absolute atomic E-state index is 0.0338. The Bertz CT molecular complexity index is 2860. The number of amides is 7. The quantitative estimate of drug-likeness (QED) is 0.0338. The predicted molar refractivity (Wildman–Crippen MR) is 280 cm³/mol. The van der Waals surface area contributed by atoms with E-state index >= 15 is 0 Å². The number of hydrogen-bond acceptors (Lipinski definition) is 10. The van der Waals surface area contributed by atoms with Gasteiger partial charge in [-0.1, -0.05) is 123 Å². The van der Waals surface area contributed by atoms with Crippen molar-refractivity contribution in [3.8, 4) is 0 Å². The second-order valence-corrected chi connectivity index (χ2v) is 18.8. The number of carboxylic acid groups (broad SMARTS) is 1. The molecule has 6 rings (SSSR count). The zero-order chi connectivity index (χ0) is 53.9. The van der Waals surface area contributed by atoms with Gasteiger partial charge in [0.15, 0.2) is 0 Å². The molecule has 13 N–H and O–H groups in total. The van der Waals surface area contributed by atoms with Crippen LogP contribution < -0.4 is 43.4 Å². The molecular formula is C55H65N11O9. The number of aliphatic carboxylic acids is 1. The molecule has 2 heterocycles. The van der Waals surface area contributed by atoms with E-state index in [2.05, 4.69) is 46.9 Å². The van der Waals surface area contributed by atoms with E-state index in [9.17, 15) is 43.5 Å². The summed E-state index contributed by atoms with van der Waals surface area (Å²) in [4.78, 5) is 120. The molecule has 0 unspecified atom stereocenters. The van der Waals surface area contributed by atoms with Crippen molar-refractivity contribution < 1.29 is 43.5 Å². The van der Waals surface area contributed by atoms with E-state index in [1.807, 2.05) is 44.2 Å². The molecule has 0 radical (unpaired) electrons. The Labute approximate surface area is 434 Å². The molecule has 0 spiro atoms. The summed E-state index contributed by atoms with van der Waals surface area (Å²) in [6.45, 7) is 3.66. The van der Waals surface area contributed by atoms with Gasteiger partial charge in [0.25, 0.3) is 0 Å². The molecule has 0 aliphatic heterocycles. The van der Waals surface area contributed by atoms with E-state index in [1.54, 1.807) is 91.1 Å². The van der Waals surface area contributed by atoms with Gasteiger partial charge in [0, 0.05) is 55.4 Å². The molecule has 0 saturated carbocycles. The van der Waals surface area contributed by atoms with Crippen molar-refractivity contribution in [2.45, 2.75) is 108 Å². The summed E-state index contributed by atoms with van der Waals surface area (Å²) >= 11 is 0. The second kappa shape index (κ2) is 27.4. The molecule has 0 bridgehead atoms. The summed E-state index contributed by atoms with van der Waals surface area (Å²) in [5.74, 6) is -6.85. The Morgan fingerprint density at radius 2 is 0.987 bits per heavy atom. The van der Waals surface area contributed by atoms with E-state index < -0.39 is 89.6 Å². The molecule has 2 aromatic heterocycles. The monoisotopic (exact) mass is 1020 g/mol. The summed E-state index contributed by atoms with van der Waals surface area (Å²) in [5.41, 5.74) is 15.6. The molecule has 20 nitrogen and oxygen atoms in total. The number of nitrogens with zero attached hydrogens (tertiary/aromatic N) is 1. The molecule has 7 amide bonds. The van der Waals surface area contributed by atoms with Crippen LogP contribution >= 0.6 is 0 Å². The third-order valence-electron chi connectivity index (χ3n) is 12.4. The normalized spacial score (nSPS) is 14.0. The van der Waals surface area contributed by atoms with Gasteiger partial charge in [-0.2, -0.15) is 0 Å². The molecule has 0 saturated heterocycles. The summed E-state index contributed by atoms with van der Waals surface area (Å²) in [6.07, 6.45) is 4.00. The van der Waals surface area contributed by atoms with Crippen LogP contribution in [-0.4, -0.2) is 110 Å². The molecule has 75 heavy (non-hydrogen) atoms. The molecule has 4 aromatic carbocycles. The zero-order valence-electron chi connectivity index (χ0n) is 41.8. The lowest BCUT2D eigenvalue weighted by Crippen LogP contribution is -2.60. The molecule has 0 aliphatic carbocycles. The fraction of sp³-hybridized carbons (Fsp3) is 0.327. The smallest absolute Gasteiger partial charge is 0.326 e. The first-order valence-electron chi connectivity index (χ1n) is 24.8. The number of para-hydroxylation sites is 1. The zero-order valence-corrected chi connectivity index (χ0v) is 41.8. The highest BCUT2D eigenvalue weighted by Gasteiger charge is 2.35. The molecule has 7 atom stereocenters. The third-order valence-corrected chi connectivity index (χ3v) is 12.4. The molecule has 394 valence electrons. The molecule has 0 fully saturated rings. The largest absolute Gasteiger partial charge is 0.480 e. The number of hydrogen-bond donors (Lipinski definition) is 11. The molecule has 0 aliphatic rings.